The molecule has 0 radical (unpaired) electrons. The molecule has 0 aliphatic carbocycles. The van der Waals surface area contributed by atoms with E-state index in [1.807, 2.05) is 6.92 Å². The molecule has 134 valence electrons. The van der Waals surface area contributed by atoms with Gasteiger partial charge in [-0.1, -0.05) is 6.07 Å². The van der Waals surface area contributed by atoms with Crippen LogP contribution >= 0.6 is 0 Å². The molecule has 0 aromatic heterocycles. The van der Waals surface area contributed by atoms with Gasteiger partial charge >= 0.3 is 6.03 Å². The molecule has 24 heavy (non-hydrogen) atoms. The fraction of sp³-hybridized carbons (Fsp3) is 0.611. The summed E-state index contributed by atoms with van der Waals surface area (Å²) in [6, 6.07) is 3.78. The summed E-state index contributed by atoms with van der Waals surface area (Å²) in [5.41, 5.74) is 0.727. The molecule has 1 saturated heterocycles. The predicted octanol–water partition coefficient (Wildman–Crippen LogP) is 3.35. The van der Waals surface area contributed by atoms with Crippen molar-refractivity contribution in [2.24, 2.45) is 5.92 Å². The molecule has 0 bridgehead atoms. The topological polar surface area (TPSA) is 41.6 Å². The highest BCUT2D eigenvalue weighted by atomic mass is 19.2. The van der Waals surface area contributed by atoms with Gasteiger partial charge in [0.25, 0.3) is 0 Å². The number of aryl methyl sites for hydroxylation is 1. The average molecular weight is 340 g/mol. The lowest BCUT2D eigenvalue weighted by molar-refractivity contribution is 0.0585. The maximum Gasteiger partial charge on any atom is 0.317 e. The number of urea groups is 1. The molecule has 0 saturated carbocycles. The number of nitrogens with one attached hydrogen (secondary N) is 1. The summed E-state index contributed by atoms with van der Waals surface area (Å²) in [5.74, 6) is -1.18. The van der Waals surface area contributed by atoms with Crippen LogP contribution in [0.1, 0.15) is 31.7 Å². The van der Waals surface area contributed by atoms with E-state index in [0.29, 0.717) is 18.8 Å². The fourth-order valence-corrected chi connectivity index (χ4v) is 2.87. The number of amides is 2. The monoisotopic (exact) mass is 340 g/mol. The third-order valence-corrected chi connectivity index (χ3v) is 4.44. The quantitative estimate of drug-likeness (QED) is 0.863. The van der Waals surface area contributed by atoms with Crippen molar-refractivity contribution in [2.75, 3.05) is 26.8 Å². The van der Waals surface area contributed by atoms with Crippen molar-refractivity contribution >= 4 is 6.03 Å². The number of benzene rings is 1. The summed E-state index contributed by atoms with van der Waals surface area (Å²) in [5, 5.41) is 2.95. The minimum atomic E-state index is -0.838. The number of rotatable bonds is 6. The number of hydrogen-bond donors (Lipinski definition) is 1. The van der Waals surface area contributed by atoms with Gasteiger partial charge in [0, 0.05) is 32.8 Å². The standard InChI is InChI=1S/C18H26F2N2O2/c1-13(3-4-14-5-6-16(19)17(20)11-14)21-18(23)22(2)12-15-7-9-24-10-8-15/h5-6,11,13,15H,3-4,7-10,12H2,1-2H3,(H,21,23). The van der Waals surface area contributed by atoms with Crippen LogP contribution in [0.3, 0.4) is 0 Å². The van der Waals surface area contributed by atoms with Gasteiger partial charge in [-0.05, 0) is 56.2 Å². The van der Waals surface area contributed by atoms with Crippen molar-refractivity contribution in [3.63, 3.8) is 0 Å². The van der Waals surface area contributed by atoms with Crippen LogP contribution in [0.4, 0.5) is 13.6 Å². The van der Waals surface area contributed by atoms with Crippen molar-refractivity contribution in [3.05, 3.63) is 35.4 Å². The Kier molecular flexibility index (Phi) is 6.97. The van der Waals surface area contributed by atoms with Crippen LogP contribution in [0.5, 0.6) is 0 Å². The first-order chi connectivity index (χ1) is 11.5. The van der Waals surface area contributed by atoms with Gasteiger partial charge in [-0.25, -0.2) is 13.6 Å². The first kappa shape index (κ1) is 18.6. The molecule has 1 fully saturated rings. The normalized spacial score (nSPS) is 16.7. The molecule has 1 heterocycles. The van der Waals surface area contributed by atoms with Crippen molar-refractivity contribution in [3.8, 4) is 0 Å². The summed E-state index contributed by atoms with van der Waals surface area (Å²) in [7, 11) is 1.80. The highest BCUT2D eigenvalue weighted by Crippen LogP contribution is 2.16. The zero-order chi connectivity index (χ0) is 17.5. The van der Waals surface area contributed by atoms with Gasteiger partial charge in [-0.3, -0.25) is 0 Å². The Hall–Kier alpha value is -1.69. The Morgan fingerprint density at radius 2 is 2.04 bits per heavy atom. The van der Waals surface area contributed by atoms with Gasteiger partial charge in [0.15, 0.2) is 11.6 Å². The SMILES string of the molecule is CC(CCc1ccc(F)c(F)c1)NC(=O)N(C)CC1CCOCC1. The van der Waals surface area contributed by atoms with E-state index >= 15 is 0 Å². The molecular weight excluding hydrogens is 314 g/mol. The van der Waals surface area contributed by atoms with Crippen molar-refractivity contribution in [2.45, 2.75) is 38.6 Å². The molecule has 1 aliphatic rings. The zero-order valence-corrected chi connectivity index (χ0v) is 14.4. The van der Waals surface area contributed by atoms with Gasteiger partial charge < -0.3 is 15.0 Å². The molecular formula is C18H26F2N2O2. The number of nitrogens with zero attached hydrogens (tertiary/aromatic N) is 1. The molecule has 1 atom stereocenters. The number of carbonyl (C=O) groups excluding carboxylic acids is 1. The third kappa shape index (κ3) is 5.74. The van der Waals surface area contributed by atoms with Crippen molar-refractivity contribution < 1.29 is 18.3 Å². The van der Waals surface area contributed by atoms with Crippen LogP contribution in [-0.2, 0) is 11.2 Å². The third-order valence-electron chi connectivity index (χ3n) is 4.44. The van der Waals surface area contributed by atoms with Gasteiger partial charge in [0.1, 0.15) is 0 Å². The Morgan fingerprint density at radius 1 is 1.33 bits per heavy atom. The molecule has 2 amide bonds. The highest BCUT2D eigenvalue weighted by Gasteiger charge is 2.19. The first-order valence-corrected chi connectivity index (χ1v) is 8.49. The van der Waals surface area contributed by atoms with Gasteiger partial charge in [-0.15, -0.1) is 0 Å². The summed E-state index contributed by atoms with van der Waals surface area (Å²) in [6.07, 6.45) is 3.23. The van der Waals surface area contributed by atoms with Crippen LogP contribution in [0.25, 0.3) is 0 Å². The fourth-order valence-electron chi connectivity index (χ4n) is 2.87. The molecule has 1 aromatic rings. The summed E-state index contributed by atoms with van der Waals surface area (Å²) >= 11 is 0. The number of halogens is 2. The molecule has 1 aromatic carbocycles. The van der Waals surface area contributed by atoms with Crippen LogP contribution in [0.15, 0.2) is 18.2 Å². The lowest BCUT2D eigenvalue weighted by atomic mass is 10.00. The summed E-state index contributed by atoms with van der Waals surface area (Å²) in [4.78, 5) is 13.9. The van der Waals surface area contributed by atoms with E-state index in [0.717, 1.165) is 44.2 Å². The Labute approximate surface area is 142 Å². The second kappa shape index (κ2) is 8.97. The number of ether oxygens (including phenoxy) is 1. The van der Waals surface area contributed by atoms with E-state index in [1.54, 1.807) is 18.0 Å². The van der Waals surface area contributed by atoms with Crippen LogP contribution in [-0.4, -0.2) is 43.8 Å². The zero-order valence-electron chi connectivity index (χ0n) is 14.4. The molecule has 1 unspecified atom stereocenters. The predicted molar refractivity (Wildman–Crippen MR) is 88.8 cm³/mol. The Bertz CT molecular complexity index is 548. The van der Waals surface area contributed by atoms with Gasteiger partial charge in [0.2, 0.25) is 0 Å². The maximum absolute atomic E-state index is 13.2. The molecule has 6 heteroatoms. The van der Waals surface area contributed by atoms with Gasteiger partial charge in [0.05, 0.1) is 0 Å². The second-order valence-electron chi connectivity index (χ2n) is 6.57. The number of hydrogen-bond acceptors (Lipinski definition) is 2. The molecule has 0 spiro atoms. The average Bonchev–Trinajstić information content (AvgIpc) is 2.56. The minimum Gasteiger partial charge on any atom is -0.381 e. The van der Waals surface area contributed by atoms with E-state index in [-0.39, 0.29) is 12.1 Å². The van der Waals surface area contributed by atoms with Crippen LogP contribution < -0.4 is 5.32 Å². The van der Waals surface area contributed by atoms with E-state index in [9.17, 15) is 13.6 Å². The number of carbonyl (C=O) groups is 1. The van der Waals surface area contributed by atoms with Crippen molar-refractivity contribution in [1.82, 2.24) is 10.2 Å². The Balaban J connectivity index is 1.72. The first-order valence-electron chi connectivity index (χ1n) is 8.49. The van der Waals surface area contributed by atoms with Gasteiger partial charge in [-0.2, -0.15) is 0 Å². The Morgan fingerprint density at radius 3 is 2.71 bits per heavy atom. The molecule has 4 nitrogen and oxygen atoms in total. The van der Waals surface area contributed by atoms with Crippen molar-refractivity contribution in [1.29, 1.82) is 0 Å². The minimum absolute atomic E-state index is 0.0391. The van der Waals surface area contributed by atoms with E-state index < -0.39 is 11.6 Å². The highest BCUT2D eigenvalue weighted by molar-refractivity contribution is 5.74. The smallest absolute Gasteiger partial charge is 0.317 e. The summed E-state index contributed by atoms with van der Waals surface area (Å²) in [6.45, 7) is 4.18. The summed E-state index contributed by atoms with van der Waals surface area (Å²) < 4.78 is 31.4. The molecule has 1 N–H and O–H groups in total. The van der Waals surface area contributed by atoms with E-state index in [4.69, 9.17) is 4.74 Å². The van der Waals surface area contributed by atoms with Crippen LogP contribution in [0, 0.1) is 17.6 Å². The lowest BCUT2D eigenvalue weighted by Crippen LogP contribution is -2.44. The largest absolute Gasteiger partial charge is 0.381 e. The van der Waals surface area contributed by atoms with E-state index in [2.05, 4.69) is 5.32 Å². The van der Waals surface area contributed by atoms with Crippen LogP contribution in [0.2, 0.25) is 0 Å². The maximum atomic E-state index is 13.2. The van der Waals surface area contributed by atoms with E-state index in [1.165, 1.54) is 6.07 Å². The molecule has 2 rings (SSSR count). The second-order valence-corrected chi connectivity index (χ2v) is 6.57. The lowest BCUT2D eigenvalue weighted by Gasteiger charge is -2.28. The molecule has 1 aliphatic heterocycles.